The molecule has 0 bridgehead atoms. The summed E-state index contributed by atoms with van der Waals surface area (Å²) in [5.41, 5.74) is 2.42. The van der Waals surface area contributed by atoms with Crippen molar-refractivity contribution in [1.29, 1.82) is 0 Å². The Morgan fingerprint density at radius 2 is 1.69 bits per heavy atom. The monoisotopic (exact) mass is 500 g/mol. The number of fused-ring (bicyclic) bond motifs is 5. The van der Waals surface area contributed by atoms with Gasteiger partial charge in [0.05, 0.1) is 6.61 Å². The summed E-state index contributed by atoms with van der Waals surface area (Å²) in [6, 6.07) is 0. The molecule has 4 aliphatic carbocycles. The first-order valence-corrected chi connectivity index (χ1v) is 15.6. The van der Waals surface area contributed by atoms with Gasteiger partial charge in [-0.2, -0.15) is 0 Å². The molecule has 8 atom stereocenters. The van der Waals surface area contributed by atoms with Crippen LogP contribution in [0.25, 0.3) is 0 Å². The first-order chi connectivity index (χ1) is 17.0. The van der Waals surface area contributed by atoms with E-state index >= 15 is 0 Å². The summed E-state index contributed by atoms with van der Waals surface area (Å²) in [6.07, 6.45) is 17.2. The lowest BCUT2D eigenvalue weighted by Gasteiger charge is -2.58. The third kappa shape index (κ3) is 5.70. The Kier molecular flexibility index (Phi) is 8.88. The molecule has 3 fully saturated rings. The summed E-state index contributed by atoms with van der Waals surface area (Å²) in [5, 5.41) is 0. The standard InChI is InChI=1S/C33H56O3/c1-22(2)9-8-10-24(5)28-13-14-29-27-12-11-25-21-26(36-31(34)35-20-17-23(3)4)15-18-32(25,6)30(27)16-19-33(28,29)7/h11,22-24,26-30H,8-10,12-21H2,1-7H3/t24-,26+,27-,28-,29+,30-,32+,33-/m1/s1. The molecule has 0 N–H and O–H groups in total. The Balaban J connectivity index is 1.37. The fourth-order valence-electron chi connectivity index (χ4n) is 9.30. The lowest BCUT2D eigenvalue weighted by molar-refractivity contribution is -0.0618. The van der Waals surface area contributed by atoms with Crippen LogP contribution >= 0.6 is 0 Å². The molecule has 0 unspecified atom stereocenters. The van der Waals surface area contributed by atoms with Gasteiger partial charge in [-0.25, -0.2) is 4.79 Å². The minimum atomic E-state index is -0.466. The van der Waals surface area contributed by atoms with Crippen LogP contribution in [0.1, 0.15) is 126 Å². The number of allylic oxidation sites excluding steroid dienone is 1. The molecule has 0 amide bonds. The average molecular weight is 501 g/mol. The van der Waals surface area contributed by atoms with Gasteiger partial charge in [0.1, 0.15) is 6.10 Å². The van der Waals surface area contributed by atoms with E-state index < -0.39 is 6.16 Å². The van der Waals surface area contributed by atoms with Crippen LogP contribution in [0.3, 0.4) is 0 Å². The van der Waals surface area contributed by atoms with Crippen molar-refractivity contribution in [3.63, 3.8) is 0 Å². The second-order valence-corrected chi connectivity index (χ2v) is 14.6. The minimum Gasteiger partial charge on any atom is -0.434 e. The summed E-state index contributed by atoms with van der Waals surface area (Å²) in [4.78, 5) is 12.2. The predicted molar refractivity (Wildman–Crippen MR) is 149 cm³/mol. The van der Waals surface area contributed by atoms with Crippen LogP contribution in [0.15, 0.2) is 11.6 Å². The molecule has 0 aromatic carbocycles. The molecule has 0 aromatic heterocycles. The Bertz CT molecular complexity index is 784. The molecule has 4 rings (SSSR count). The molecule has 36 heavy (non-hydrogen) atoms. The Morgan fingerprint density at radius 3 is 2.42 bits per heavy atom. The number of carbonyl (C=O) groups excluding carboxylic acids is 1. The molecule has 206 valence electrons. The van der Waals surface area contributed by atoms with Crippen molar-refractivity contribution in [2.45, 2.75) is 132 Å². The van der Waals surface area contributed by atoms with Crippen molar-refractivity contribution in [3.05, 3.63) is 11.6 Å². The molecular weight excluding hydrogens is 444 g/mol. The highest BCUT2D eigenvalue weighted by Crippen LogP contribution is 2.67. The largest absolute Gasteiger partial charge is 0.508 e. The maximum absolute atomic E-state index is 12.2. The number of carbonyl (C=O) groups is 1. The fraction of sp³-hybridized carbons (Fsp3) is 0.909. The van der Waals surface area contributed by atoms with Gasteiger partial charge in [-0.15, -0.1) is 0 Å². The van der Waals surface area contributed by atoms with E-state index in [1.165, 1.54) is 51.4 Å². The highest BCUT2D eigenvalue weighted by Gasteiger charge is 2.59. The molecule has 3 saturated carbocycles. The maximum Gasteiger partial charge on any atom is 0.508 e. The highest BCUT2D eigenvalue weighted by atomic mass is 16.7. The summed E-state index contributed by atoms with van der Waals surface area (Å²) in [6.45, 7) is 17.3. The SMILES string of the molecule is CC(C)CCC[C@@H](C)[C@H]1CC[C@H]2[C@H]3CC=C4C[C@@H](OC(=O)OCCC(C)C)CC[C@]4(C)[C@@H]3CC[C@]12C. The van der Waals surface area contributed by atoms with Gasteiger partial charge in [0.25, 0.3) is 0 Å². The van der Waals surface area contributed by atoms with Crippen molar-refractivity contribution in [2.75, 3.05) is 6.61 Å². The zero-order valence-corrected chi connectivity index (χ0v) is 24.6. The van der Waals surface area contributed by atoms with Gasteiger partial charge in [-0.3, -0.25) is 0 Å². The molecule has 0 heterocycles. The van der Waals surface area contributed by atoms with Gasteiger partial charge in [0, 0.05) is 6.42 Å². The normalized spacial score (nSPS) is 38.7. The van der Waals surface area contributed by atoms with Crippen LogP contribution in [-0.4, -0.2) is 18.9 Å². The van der Waals surface area contributed by atoms with Gasteiger partial charge in [-0.1, -0.05) is 79.4 Å². The van der Waals surface area contributed by atoms with Gasteiger partial charge in [0.15, 0.2) is 0 Å². The summed E-state index contributed by atoms with van der Waals surface area (Å²) >= 11 is 0. The van der Waals surface area contributed by atoms with E-state index in [1.807, 2.05) is 0 Å². The molecule has 3 heteroatoms. The van der Waals surface area contributed by atoms with Crippen molar-refractivity contribution in [3.8, 4) is 0 Å². The summed E-state index contributed by atoms with van der Waals surface area (Å²) < 4.78 is 11.1. The molecule has 3 nitrogen and oxygen atoms in total. The Morgan fingerprint density at radius 1 is 0.944 bits per heavy atom. The quantitative estimate of drug-likeness (QED) is 0.233. The van der Waals surface area contributed by atoms with Crippen molar-refractivity contribution in [2.24, 2.45) is 52.3 Å². The van der Waals surface area contributed by atoms with Gasteiger partial charge in [-0.05, 0) is 104 Å². The van der Waals surface area contributed by atoms with Gasteiger partial charge < -0.3 is 9.47 Å². The lowest BCUT2D eigenvalue weighted by Crippen LogP contribution is -2.51. The molecular formula is C33H56O3. The van der Waals surface area contributed by atoms with Crippen LogP contribution in [0.5, 0.6) is 0 Å². The first kappa shape index (κ1) is 28.0. The van der Waals surface area contributed by atoms with Crippen LogP contribution in [-0.2, 0) is 9.47 Å². The second kappa shape index (κ2) is 11.4. The van der Waals surface area contributed by atoms with Crippen molar-refractivity contribution >= 4 is 6.16 Å². The smallest absolute Gasteiger partial charge is 0.434 e. The van der Waals surface area contributed by atoms with Gasteiger partial charge in [0.2, 0.25) is 0 Å². The molecule has 0 aromatic rings. The molecule has 0 aliphatic heterocycles. The number of ether oxygens (including phenoxy) is 2. The van der Waals surface area contributed by atoms with E-state index in [1.54, 1.807) is 5.57 Å². The van der Waals surface area contributed by atoms with Crippen LogP contribution in [0.2, 0.25) is 0 Å². The van der Waals surface area contributed by atoms with Crippen LogP contribution in [0.4, 0.5) is 4.79 Å². The average Bonchev–Trinajstić information content (AvgIpc) is 3.16. The lowest BCUT2D eigenvalue weighted by atomic mass is 9.47. The molecule has 0 radical (unpaired) electrons. The van der Waals surface area contributed by atoms with E-state index in [0.29, 0.717) is 23.4 Å². The van der Waals surface area contributed by atoms with Gasteiger partial charge >= 0.3 is 6.16 Å². The third-order valence-electron chi connectivity index (χ3n) is 11.4. The first-order valence-electron chi connectivity index (χ1n) is 15.6. The number of rotatable bonds is 9. The highest BCUT2D eigenvalue weighted by molar-refractivity contribution is 5.60. The minimum absolute atomic E-state index is 0.0103. The van der Waals surface area contributed by atoms with Crippen molar-refractivity contribution in [1.82, 2.24) is 0 Å². The van der Waals surface area contributed by atoms with Crippen molar-refractivity contribution < 1.29 is 14.3 Å². The zero-order chi connectivity index (χ0) is 26.1. The van der Waals surface area contributed by atoms with Crippen LogP contribution in [0, 0.1) is 52.3 Å². The molecule has 0 spiro atoms. The third-order valence-corrected chi connectivity index (χ3v) is 11.4. The predicted octanol–water partition coefficient (Wildman–Crippen LogP) is 9.60. The van der Waals surface area contributed by atoms with E-state index in [2.05, 4.69) is 54.5 Å². The topological polar surface area (TPSA) is 35.5 Å². The van der Waals surface area contributed by atoms with Crippen LogP contribution < -0.4 is 0 Å². The van der Waals surface area contributed by atoms with E-state index in [4.69, 9.17) is 9.47 Å². The Labute approximate surface area is 222 Å². The van der Waals surface area contributed by atoms with E-state index in [0.717, 1.165) is 61.2 Å². The fourth-order valence-corrected chi connectivity index (χ4v) is 9.30. The number of hydrogen-bond acceptors (Lipinski definition) is 3. The zero-order valence-electron chi connectivity index (χ0n) is 24.6. The number of hydrogen-bond donors (Lipinski definition) is 0. The molecule has 4 aliphatic rings. The second-order valence-electron chi connectivity index (χ2n) is 14.6. The maximum atomic E-state index is 12.2. The van der Waals surface area contributed by atoms with E-state index in [9.17, 15) is 4.79 Å². The van der Waals surface area contributed by atoms with E-state index in [-0.39, 0.29) is 6.10 Å². The summed E-state index contributed by atoms with van der Waals surface area (Å²) in [5.74, 6) is 5.71. The summed E-state index contributed by atoms with van der Waals surface area (Å²) in [7, 11) is 0. The molecule has 0 saturated heterocycles. The Hall–Kier alpha value is -0.990.